The largest absolute Gasteiger partial charge is 0.481 e. The van der Waals surface area contributed by atoms with Gasteiger partial charge < -0.3 is 15.7 Å². The number of nitrogens with one attached hydrogen (secondary N) is 2. The fourth-order valence-electron chi connectivity index (χ4n) is 1.17. The molecule has 7 heteroatoms. The van der Waals surface area contributed by atoms with Crippen LogP contribution < -0.4 is 10.6 Å². The lowest BCUT2D eigenvalue weighted by Crippen LogP contribution is -2.38. The van der Waals surface area contributed by atoms with Crippen molar-refractivity contribution in [2.24, 2.45) is 5.92 Å². The number of benzene rings is 1. The summed E-state index contributed by atoms with van der Waals surface area (Å²) < 4.78 is 12.6. The van der Waals surface area contributed by atoms with Gasteiger partial charge in [0.05, 0.1) is 6.54 Å². The highest BCUT2D eigenvalue weighted by Gasteiger charge is 2.20. The lowest BCUT2D eigenvalue weighted by atomic mass is 10.2. The summed E-state index contributed by atoms with van der Waals surface area (Å²) in [5, 5.41) is 13.2. The predicted molar refractivity (Wildman–Crippen MR) is 64.8 cm³/mol. The molecule has 1 aromatic rings. The number of carbonyl (C=O) groups is 3. The molecule has 0 heterocycles. The average molecular weight is 268 g/mol. The molecule has 0 bridgehead atoms. The number of aliphatic carboxylic acids is 1. The van der Waals surface area contributed by atoms with Gasteiger partial charge >= 0.3 is 5.97 Å². The topological polar surface area (TPSA) is 95.5 Å². The summed E-state index contributed by atoms with van der Waals surface area (Å²) >= 11 is 0. The smallest absolute Gasteiger partial charge is 0.315 e. The van der Waals surface area contributed by atoms with Crippen LogP contribution in [-0.2, 0) is 14.4 Å². The maximum Gasteiger partial charge on any atom is 0.315 e. The van der Waals surface area contributed by atoms with Crippen molar-refractivity contribution in [3.8, 4) is 0 Å². The molecular weight excluding hydrogens is 255 g/mol. The Morgan fingerprint density at radius 2 is 1.84 bits per heavy atom. The minimum atomic E-state index is -1.27. The zero-order valence-electron chi connectivity index (χ0n) is 10.1. The van der Waals surface area contributed by atoms with E-state index in [4.69, 9.17) is 5.11 Å². The minimum absolute atomic E-state index is 0.353. The van der Waals surface area contributed by atoms with Crippen LogP contribution in [0.1, 0.15) is 6.92 Å². The van der Waals surface area contributed by atoms with Crippen molar-refractivity contribution >= 4 is 23.5 Å². The Bertz CT molecular complexity index is 487. The Kier molecular flexibility index (Phi) is 4.99. The summed E-state index contributed by atoms with van der Waals surface area (Å²) in [7, 11) is 0. The fraction of sp³-hybridized carbons (Fsp3) is 0.250. The molecule has 1 unspecified atom stereocenters. The summed E-state index contributed by atoms with van der Waals surface area (Å²) in [6, 6.07) is 5.10. The zero-order chi connectivity index (χ0) is 14.4. The lowest BCUT2D eigenvalue weighted by Gasteiger charge is -2.08. The third-order valence-electron chi connectivity index (χ3n) is 2.31. The summed E-state index contributed by atoms with van der Waals surface area (Å²) in [6.45, 7) is 0.864. The second-order valence-corrected chi connectivity index (χ2v) is 3.83. The van der Waals surface area contributed by atoms with Gasteiger partial charge in [-0.2, -0.15) is 0 Å². The third-order valence-corrected chi connectivity index (χ3v) is 2.31. The molecule has 0 spiro atoms. The second kappa shape index (κ2) is 6.48. The maximum absolute atomic E-state index is 12.6. The van der Waals surface area contributed by atoms with Gasteiger partial charge in [-0.15, -0.1) is 0 Å². The van der Waals surface area contributed by atoms with Crippen molar-refractivity contribution in [2.75, 3.05) is 11.9 Å². The van der Waals surface area contributed by atoms with Gasteiger partial charge in [-0.25, -0.2) is 4.39 Å². The van der Waals surface area contributed by atoms with Crippen LogP contribution in [0.3, 0.4) is 0 Å². The molecule has 2 amide bonds. The van der Waals surface area contributed by atoms with E-state index in [0.717, 1.165) is 0 Å². The van der Waals surface area contributed by atoms with Crippen molar-refractivity contribution in [3.63, 3.8) is 0 Å². The third kappa shape index (κ3) is 4.74. The van der Waals surface area contributed by atoms with Gasteiger partial charge in [-0.1, -0.05) is 0 Å². The molecule has 0 aliphatic carbocycles. The Morgan fingerprint density at radius 3 is 2.37 bits per heavy atom. The molecule has 0 aliphatic heterocycles. The monoisotopic (exact) mass is 268 g/mol. The molecule has 0 aliphatic rings. The molecule has 0 aromatic heterocycles. The molecule has 19 heavy (non-hydrogen) atoms. The number of carboxylic acids is 1. The van der Waals surface area contributed by atoms with Crippen LogP contribution in [0.5, 0.6) is 0 Å². The van der Waals surface area contributed by atoms with E-state index in [1.165, 1.54) is 31.2 Å². The van der Waals surface area contributed by atoms with Gasteiger partial charge in [0.1, 0.15) is 11.7 Å². The van der Waals surface area contributed by atoms with Gasteiger partial charge in [0.15, 0.2) is 0 Å². The molecule has 0 saturated heterocycles. The van der Waals surface area contributed by atoms with Crippen LogP contribution in [0.4, 0.5) is 10.1 Å². The van der Waals surface area contributed by atoms with Crippen molar-refractivity contribution in [2.45, 2.75) is 6.92 Å². The van der Waals surface area contributed by atoms with E-state index in [0.29, 0.717) is 5.69 Å². The Labute approximate surface area is 108 Å². The van der Waals surface area contributed by atoms with E-state index in [1.807, 2.05) is 0 Å². The second-order valence-electron chi connectivity index (χ2n) is 3.83. The number of hydrogen-bond acceptors (Lipinski definition) is 3. The first kappa shape index (κ1) is 14.6. The summed E-state index contributed by atoms with van der Waals surface area (Å²) in [5.41, 5.74) is 0.381. The molecule has 6 nitrogen and oxygen atoms in total. The van der Waals surface area contributed by atoms with E-state index < -0.39 is 29.5 Å². The minimum Gasteiger partial charge on any atom is -0.481 e. The van der Waals surface area contributed by atoms with Crippen molar-refractivity contribution < 1.29 is 23.9 Å². The summed E-state index contributed by atoms with van der Waals surface area (Å²) in [5.74, 6) is -4.20. The summed E-state index contributed by atoms with van der Waals surface area (Å²) in [4.78, 5) is 33.2. The molecule has 1 aromatic carbocycles. The van der Waals surface area contributed by atoms with Crippen LogP contribution >= 0.6 is 0 Å². The maximum atomic E-state index is 12.6. The molecule has 0 saturated carbocycles. The number of halogens is 1. The van der Waals surface area contributed by atoms with Crippen LogP contribution in [0.25, 0.3) is 0 Å². The van der Waals surface area contributed by atoms with Gasteiger partial charge in [0, 0.05) is 5.69 Å². The number of anilines is 1. The van der Waals surface area contributed by atoms with Crippen LogP contribution in [0.2, 0.25) is 0 Å². The standard InChI is InChI=1S/C12H13FN2O4/c1-7(12(18)19)11(17)14-6-10(16)15-9-4-2-8(13)3-5-9/h2-5,7H,6H2,1H3,(H,14,17)(H,15,16)(H,18,19). The number of amides is 2. The van der Waals surface area contributed by atoms with Gasteiger partial charge in [0.25, 0.3) is 0 Å². The first-order valence-corrected chi connectivity index (χ1v) is 5.46. The number of carboxylic acid groups (broad SMARTS) is 1. The highest BCUT2D eigenvalue weighted by atomic mass is 19.1. The number of carbonyl (C=O) groups excluding carboxylic acids is 2. The quantitative estimate of drug-likeness (QED) is 0.681. The van der Waals surface area contributed by atoms with Crippen LogP contribution in [0, 0.1) is 11.7 Å². The van der Waals surface area contributed by atoms with Crippen molar-refractivity contribution in [1.82, 2.24) is 5.32 Å². The normalized spacial score (nSPS) is 11.5. The SMILES string of the molecule is CC(C(=O)O)C(=O)NCC(=O)Nc1ccc(F)cc1. The molecule has 1 rings (SSSR count). The molecule has 1 atom stereocenters. The number of hydrogen-bond donors (Lipinski definition) is 3. The van der Waals surface area contributed by atoms with E-state index in [9.17, 15) is 18.8 Å². The summed E-state index contributed by atoms with van der Waals surface area (Å²) in [6.07, 6.45) is 0. The molecular formula is C12H13FN2O4. The Balaban J connectivity index is 2.42. The van der Waals surface area contributed by atoms with Gasteiger partial charge in [-0.05, 0) is 31.2 Å². The number of rotatable bonds is 5. The molecule has 102 valence electrons. The van der Waals surface area contributed by atoms with E-state index in [-0.39, 0.29) is 6.54 Å². The molecule has 3 N–H and O–H groups in total. The van der Waals surface area contributed by atoms with Gasteiger partial charge in [-0.3, -0.25) is 14.4 Å². The molecule has 0 fully saturated rings. The first-order valence-electron chi connectivity index (χ1n) is 5.46. The fourth-order valence-corrected chi connectivity index (χ4v) is 1.17. The Morgan fingerprint density at radius 1 is 1.26 bits per heavy atom. The predicted octanol–water partition coefficient (Wildman–Crippen LogP) is 0.601. The van der Waals surface area contributed by atoms with Crippen molar-refractivity contribution in [1.29, 1.82) is 0 Å². The van der Waals surface area contributed by atoms with E-state index >= 15 is 0 Å². The molecule has 0 radical (unpaired) electrons. The van der Waals surface area contributed by atoms with E-state index in [2.05, 4.69) is 10.6 Å². The van der Waals surface area contributed by atoms with E-state index in [1.54, 1.807) is 0 Å². The highest BCUT2D eigenvalue weighted by Crippen LogP contribution is 2.07. The first-order chi connectivity index (χ1) is 8.90. The highest BCUT2D eigenvalue weighted by molar-refractivity contribution is 5.99. The van der Waals surface area contributed by atoms with Crippen LogP contribution in [0.15, 0.2) is 24.3 Å². The average Bonchev–Trinajstić information content (AvgIpc) is 2.37. The van der Waals surface area contributed by atoms with Crippen molar-refractivity contribution in [3.05, 3.63) is 30.1 Å². The van der Waals surface area contributed by atoms with Gasteiger partial charge in [0.2, 0.25) is 11.8 Å². The lowest BCUT2D eigenvalue weighted by molar-refractivity contribution is -0.146. The zero-order valence-corrected chi connectivity index (χ0v) is 10.1. The van der Waals surface area contributed by atoms with Crippen LogP contribution in [-0.4, -0.2) is 29.4 Å². The Hall–Kier alpha value is -2.44.